The second kappa shape index (κ2) is 9.39. The maximum absolute atomic E-state index is 13.5. The fraction of sp³-hybridized carbons (Fsp3) is 0.360. The van der Waals surface area contributed by atoms with Crippen molar-refractivity contribution >= 4 is 40.9 Å². The number of amides is 3. The number of aliphatic imine (C=N–C) groups is 1. The van der Waals surface area contributed by atoms with E-state index in [4.69, 9.17) is 16.6 Å². The number of imide groups is 1. The molecular formula is C25H27ClFN6O2+. The average molecular weight is 498 g/mol. The van der Waals surface area contributed by atoms with Crippen LogP contribution in [0.25, 0.3) is 0 Å². The predicted octanol–water partition coefficient (Wildman–Crippen LogP) is 2.52. The lowest BCUT2D eigenvalue weighted by molar-refractivity contribution is -0.552. The van der Waals surface area contributed by atoms with E-state index < -0.39 is 12.1 Å². The van der Waals surface area contributed by atoms with E-state index in [1.54, 1.807) is 19.2 Å². The van der Waals surface area contributed by atoms with E-state index in [0.29, 0.717) is 18.9 Å². The van der Waals surface area contributed by atoms with Crippen molar-refractivity contribution in [1.29, 1.82) is 0 Å². The van der Waals surface area contributed by atoms with E-state index in [1.165, 1.54) is 24.1 Å². The van der Waals surface area contributed by atoms with Crippen LogP contribution in [0.5, 0.6) is 0 Å². The van der Waals surface area contributed by atoms with Gasteiger partial charge in [0.2, 0.25) is 0 Å². The highest BCUT2D eigenvalue weighted by Crippen LogP contribution is 2.23. The zero-order valence-electron chi connectivity index (χ0n) is 19.7. The number of halogens is 2. The van der Waals surface area contributed by atoms with Crippen LogP contribution in [0.15, 0.2) is 53.5 Å². The van der Waals surface area contributed by atoms with Crippen molar-refractivity contribution in [3.05, 3.63) is 64.9 Å². The number of benzene rings is 2. The van der Waals surface area contributed by atoms with Crippen molar-refractivity contribution in [3.8, 4) is 0 Å². The Morgan fingerprint density at radius 2 is 1.74 bits per heavy atom. The molecule has 2 aromatic carbocycles. The molecule has 3 heterocycles. The van der Waals surface area contributed by atoms with Crippen LogP contribution in [-0.4, -0.2) is 95.7 Å². The molecule has 0 spiro atoms. The smallest absolute Gasteiger partial charge is 0.333 e. The van der Waals surface area contributed by atoms with Gasteiger partial charge in [-0.3, -0.25) is 19.5 Å². The molecule has 3 aliphatic heterocycles. The summed E-state index contributed by atoms with van der Waals surface area (Å²) in [5.41, 5.74) is 1.96. The van der Waals surface area contributed by atoms with Gasteiger partial charge >= 0.3 is 11.9 Å². The number of rotatable bonds is 5. The van der Waals surface area contributed by atoms with E-state index in [0.717, 1.165) is 53.2 Å². The lowest BCUT2D eigenvalue weighted by Crippen LogP contribution is -2.61. The Morgan fingerprint density at radius 3 is 2.43 bits per heavy atom. The molecule has 0 aromatic heterocycles. The van der Waals surface area contributed by atoms with Gasteiger partial charge in [-0.25, -0.2) is 13.8 Å². The summed E-state index contributed by atoms with van der Waals surface area (Å²) < 4.78 is 15.4. The van der Waals surface area contributed by atoms with Crippen LogP contribution in [0.4, 0.5) is 14.9 Å². The molecule has 2 saturated heterocycles. The molecule has 1 unspecified atom stereocenters. The summed E-state index contributed by atoms with van der Waals surface area (Å²) in [5, 5.41) is 0.717. The van der Waals surface area contributed by atoms with Crippen molar-refractivity contribution in [3.63, 3.8) is 0 Å². The number of amidine groups is 2. The Balaban J connectivity index is 1.38. The van der Waals surface area contributed by atoms with Gasteiger partial charge in [-0.05, 0) is 40.9 Å². The minimum atomic E-state index is -0.685. The van der Waals surface area contributed by atoms with Crippen molar-refractivity contribution in [1.82, 2.24) is 14.7 Å². The molecule has 2 fully saturated rings. The van der Waals surface area contributed by atoms with E-state index in [2.05, 4.69) is 15.9 Å². The molecule has 10 heteroatoms. The molecule has 3 amide bonds. The third-order valence-electron chi connectivity index (χ3n) is 6.79. The van der Waals surface area contributed by atoms with Gasteiger partial charge in [-0.1, -0.05) is 29.8 Å². The molecular weight excluding hydrogens is 471 g/mol. The van der Waals surface area contributed by atoms with Gasteiger partial charge < -0.3 is 4.90 Å². The van der Waals surface area contributed by atoms with Gasteiger partial charge in [-0.2, -0.15) is 0 Å². The fourth-order valence-electron chi connectivity index (χ4n) is 4.78. The van der Waals surface area contributed by atoms with Gasteiger partial charge in [0.05, 0.1) is 0 Å². The number of carbonyl (C=O) groups is 2. The third kappa shape index (κ3) is 4.53. The van der Waals surface area contributed by atoms with Crippen LogP contribution in [0.2, 0.25) is 5.02 Å². The van der Waals surface area contributed by atoms with Gasteiger partial charge in [0, 0.05) is 51.0 Å². The van der Waals surface area contributed by atoms with Crippen molar-refractivity contribution < 1.29 is 18.6 Å². The van der Waals surface area contributed by atoms with Gasteiger partial charge in [0.1, 0.15) is 18.9 Å². The molecule has 3 aliphatic rings. The Morgan fingerprint density at radius 1 is 1.03 bits per heavy atom. The zero-order chi connectivity index (χ0) is 24.7. The molecule has 35 heavy (non-hydrogen) atoms. The first-order chi connectivity index (χ1) is 16.8. The maximum atomic E-state index is 13.5. The minimum absolute atomic E-state index is 0.310. The molecule has 1 atom stereocenters. The van der Waals surface area contributed by atoms with Crippen LogP contribution >= 0.6 is 11.6 Å². The summed E-state index contributed by atoms with van der Waals surface area (Å²) in [5.74, 6) is 0.545. The number of anilines is 1. The second-order valence-corrected chi connectivity index (χ2v) is 9.46. The summed E-state index contributed by atoms with van der Waals surface area (Å²) in [6.45, 7) is 4.25. The molecule has 5 rings (SSSR count). The predicted molar refractivity (Wildman–Crippen MR) is 133 cm³/mol. The van der Waals surface area contributed by atoms with E-state index >= 15 is 0 Å². The van der Waals surface area contributed by atoms with Crippen molar-refractivity contribution in [2.24, 2.45) is 4.99 Å². The number of fused-ring (bicyclic) bond motifs is 1. The second-order valence-electron chi connectivity index (χ2n) is 9.03. The fourth-order valence-corrected chi connectivity index (χ4v) is 4.97. The quantitative estimate of drug-likeness (QED) is 0.596. The number of nitrogens with zero attached hydrogens (tertiary/aromatic N) is 6. The molecule has 0 bridgehead atoms. The zero-order valence-corrected chi connectivity index (χ0v) is 20.5. The summed E-state index contributed by atoms with van der Waals surface area (Å²) >= 11 is 6.16. The topological polar surface area (TPSA) is 62.5 Å². The Bertz CT molecular complexity index is 1220. The van der Waals surface area contributed by atoms with Crippen LogP contribution in [0.1, 0.15) is 5.56 Å². The molecule has 0 radical (unpaired) electrons. The van der Waals surface area contributed by atoms with Crippen molar-refractivity contribution in [2.45, 2.75) is 12.6 Å². The van der Waals surface area contributed by atoms with E-state index in [1.807, 2.05) is 22.8 Å². The summed E-state index contributed by atoms with van der Waals surface area (Å²) in [7, 11) is 3.13. The highest BCUT2D eigenvalue weighted by atomic mass is 35.5. The minimum Gasteiger partial charge on any atom is -0.369 e. The molecule has 0 N–H and O–H groups in total. The SMILES string of the molecule is CN1C(=O)C2C(=NC(CN3CCN(c4cccc(Cl)c4)CC3)=[N+]2Cc2ccc(F)cc2)N(C)C1=O. The summed E-state index contributed by atoms with van der Waals surface area (Å²) in [6, 6.07) is 13.0. The average Bonchev–Trinajstić information content (AvgIpc) is 3.21. The number of hydrogen-bond acceptors (Lipinski definition) is 5. The monoisotopic (exact) mass is 497 g/mol. The largest absolute Gasteiger partial charge is 0.369 e. The van der Waals surface area contributed by atoms with Crippen LogP contribution in [0, 0.1) is 5.82 Å². The number of hydrogen-bond donors (Lipinski definition) is 0. The maximum Gasteiger partial charge on any atom is 0.333 e. The molecule has 8 nitrogen and oxygen atoms in total. The van der Waals surface area contributed by atoms with Gasteiger partial charge in [0.25, 0.3) is 17.8 Å². The number of piperazine rings is 1. The van der Waals surface area contributed by atoms with Gasteiger partial charge in [-0.15, -0.1) is 0 Å². The summed E-state index contributed by atoms with van der Waals surface area (Å²) in [6.07, 6.45) is 0. The van der Waals surface area contributed by atoms with E-state index in [9.17, 15) is 14.0 Å². The highest BCUT2D eigenvalue weighted by Gasteiger charge is 2.53. The normalized spacial score (nSPS) is 21.1. The molecule has 0 aliphatic carbocycles. The third-order valence-corrected chi connectivity index (χ3v) is 7.03. The molecule has 0 saturated carbocycles. The first kappa shape index (κ1) is 23.4. The Kier molecular flexibility index (Phi) is 6.29. The number of likely N-dealkylation sites (N-methyl/N-ethyl adjacent to an activating group) is 2. The van der Waals surface area contributed by atoms with Crippen LogP contribution < -0.4 is 4.90 Å². The van der Waals surface area contributed by atoms with Crippen LogP contribution in [0.3, 0.4) is 0 Å². The summed E-state index contributed by atoms with van der Waals surface area (Å²) in [4.78, 5) is 37.6. The first-order valence-corrected chi connectivity index (χ1v) is 11.9. The number of urea groups is 1. The standard InChI is InChI=1S/C25H27ClFN6O2/c1-29-23-22(24(34)30(2)25(29)35)33(15-17-6-8-19(27)9-7-17)21(28-23)16-31-10-12-32(13-11-31)20-5-3-4-18(26)14-20/h3-9,14,22H,10-13,15-16H2,1-2H3/q+1. The highest BCUT2D eigenvalue weighted by molar-refractivity contribution is 6.30. The molecule has 182 valence electrons. The molecule has 2 aromatic rings. The lowest BCUT2D eigenvalue weighted by atomic mass is 10.1. The van der Waals surface area contributed by atoms with Crippen LogP contribution in [-0.2, 0) is 11.3 Å². The first-order valence-electron chi connectivity index (χ1n) is 11.6. The Labute approximate surface area is 208 Å². The Hall–Kier alpha value is -3.30. The lowest BCUT2D eigenvalue weighted by Gasteiger charge is -2.35. The van der Waals surface area contributed by atoms with E-state index in [-0.39, 0.29) is 11.7 Å². The van der Waals surface area contributed by atoms with Gasteiger partial charge in [0.15, 0.2) is 0 Å². The van der Waals surface area contributed by atoms with Crippen molar-refractivity contribution in [2.75, 3.05) is 51.7 Å². The number of carbonyl (C=O) groups excluding carboxylic acids is 2.